The predicted octanol–water partition coefficient (Wildman–Crippen LogP) is 7.48. The molecule has 0 aliphatic carbocycles. The molecule has 0 N–H and O–H groups in total. The fourth-order valence-electron chi connectivity index (χ4n) is 2.55. The van der Waals surface area contributed by atoms with Crippen molar-refractivity contribution >= 4 is 16.6 Å². The number of hydrogen-bond donors (Lipinski definition) is 0. The van der Waals surface area contributed by atoms with Crippen LogP contribution in [0.2, 0.25) is 36.3 Å². The molecule has 0 amide bonds. The Morgan fingerprint density at radius 2 is 1.37 bits per heavy atom. The van der Waals surface area contributed by atoms with Gasteiger partial charge in [-0.15, -0.1) is 0 Å². The highest BCUT2D eigenvalue weighted by molar-refractivity contribution is 6.74. The number of ether oxygens (including phenoxy) is 2. The van der Waals surface area contributed by atoms with Crippen LogP contribution in [0.5, 0.6) is 0 Å². The summed E-state index contributed by atoms with van der Waals surface area (Å²) < 4.78 is 24.5. The van der Waals surface area contributed by atoms with Gasteiger partial charge >= 0.3 is 0 Å². The summed E-state index contributed by atoms with van der Waals surface area (Å²) in [4.78, 5) is 0. The fourth-order valence-corrected chi connectivity index (χ4v) is 4.88. The van der Waals surface area contributed by atoms with Crippen LogP contribution in [0, 0.1) is 5.41 Å². The molecule has 1 aliphatic heterocycles. The highest BCUT2D eigenvalue weighted by Gasteiger charge is 2.40. The monoisotopic (exact) mass is 458 g/mol. The molecule has 0 aromatic carbocycles. The van der Waals surface area contributed by atoms with Crippen LogP contribution in [0.1, 0.15) is 74.7 Å². The molecule has 1 heterocycles. The SMILES string of the molecule is CC(C)(C/C=C(\CCC1OCCO1)O[Si](C)(C)C(C)(C)C)CO[Si](C)(C)C(C)(C)C. The molecule has 0 spiro atoms. The van der Waals surface area contributed by atoms with Crippen LogP contribution >= 0.6 is 0 Å². The molecule has 1 aliphatic rings. The van der Waals surface area contributed by atoms with Crippen molar-refractivity contribution < 1.29 is 18.3 Å². The van der Waals surface area contributed by atoms with Crippen LogP contribution in [0.3, 0.4) is 0 Å². The molecule has 0 atom stereocenters. The van der Waals surface area contributed by atoms with Crippen LogP contribution in [-0.4, -0.2) is 42.7 Å². The lowest BCUT2D eigenvalue weighted by Crippen LogP contribution is -2.43. The zero-order valence-electron chi connectivity index (χ0n) is 22.0. The van der Waals surface area contributed by atoms with Crippen molar-refractivity contribution in [2.75, 3.05) is 19.8 Å². The molecule has 1 rings (SSSR count). The van der Waals surface area contributed by atoms with Gasteiger partial charge in [-0.05, 0) is 54.2 Å². The largest absolute Gasteiger partial charge is 0.547 e. The van der Waals surface area contributed by atoms with E-state index < -0.39 is 16.6 Å². The average Bonchev–Trinajstić information content (AvgIpc) is 3.07. The third kappa shape index (κ3) is 8.77. The Labute approximate surface area is 189 Å². The molecule has 0 unspecified atom stereocenters. The summed E-state index contributed by atoms with van der Waals surface area (Å²) in [5, 5.41) is 0.407. The van der Waals surface area contributed by atoms with Gasteiger partial charge in [0.1, 0.15) is 0 Å². The summed E-state index contributed by atoms with van der Waals surface area (Å²) in [5.41, 5.74) is 0.0674. The molecule has 0 aromatic rings. The van der Waals surface area contributed by atoms with Crippen molar-refractivity contribution in [3.8, 4) is 0 Å². The van der Waals surface area contributed by atoms with Gasteiger partial charge in [-0.25, -0.2) is 0 Å². The van der Waals surface area contributed by atoms with E-state index in [-0.39, 0.29) is 21.8 Å². The Morgan fingerprint density at radius 1 is 0.867 bits per heavy atom. The standard InChI is InChI=1S/C24H50O4Si2/c1-22(2,3)29(9,10)27-19-24(7,8)16-15-20(13-14-21-25-17-18-26-21)28-30(11,12)23(4,5)6/h15,21H,13-14,16-19H2,1-12H3/b20-15+. The van der Waals surface area contributed by atoms with E-state index in [1.54, 1.807) is 0 Å². The molecule has 0 bridgehead atoms. The molecule has 0 aromatic heterocycles. The molecule has 6 heteroatoms. The Morgan fingerprint density at radius 3 is 1.83 bits per heavy atom. The number of allylic oxidation sites excluding steroid dienone is 2. The van der Waals surface area contributed by atoms with E-state index in [0.29, 0.717) is 13.2 Å². The minimum atomic E-state index is -1.89. The summed E-state index contributed by atoms with van der Waals surface area (Å²) in [7, 11) is -3.63. The maximum absolute atomic E-state index is 6.71. The molecule has 1 saturated heterocycles. The van der Waals surface area contributed by atoms with Gasteiger partial charge in [0.25, 0.3) is 0 Å². The average molecular weight is 459 g/mol. The topological polar surface area (TPSA) is 36.9 Å². The molecular weight excluding hydrogens is 408 g/mol. The fraction of sp³-hybridized carbons (Fsp3) is 0.917. The molecule has 0 radical (unpaired) electrons. The minimum Gasteiger partial charge on any atom is -0.547 e. The lowest BCUT2D eigenvalue weighted by atomic mass is 9.90. The molecule has 178 valence electrons. The van der Waals surface area contributed by atoms with Gasteiger partial charge in [0.2, 0.25) is 8.32 Å². The van der Waals surface area contributed by atoms with Gasteiger partial charge in [-0.2, -0.15) is 0 Å². The minimum absolute atomic E-state index is 0.0674. The first kappa shape index (κ1) is 27.9. The van der Waals surface area contributed by atoms with Gasteiger partial charge in [-0.3, -0.25) is 0 Å². The zero-order valence-corrected chi connectivity index (χ0v) is 24.0. The summed E-state index contributed by atoms with van der Waals surface area (Å²) in [5.74, 6) is 1.10. The summed E-state index contributed by atoms with van der Waals surface area (Å²) >= 11 is 0. The third-order valence-electron chi connectivity index (χ3n) is 7.02. The normalized spacial score (nSPS) is 18.2. The Bertz CT molecular complexity index is 563. The Hall–Kier alpha value is -0.146. The van der Waals surface area contributed by atoms with Crippen molar-refractivity contribution in [3.05, 3.63) is 11.8 Å². The molecule has 0 saturated carbocycles. The maximum atomic E-state index is 6.71. The number of rotatable bonds is 10. The smallest absolute Gasteiger partial charge is 0.250 e. The quantitative estimate of drug-likeness (QED) is 0.251. The van der Waals surface area contributed by atoms with Gasteiger partial charge < -0.3 is 18.3 Å². The Balaban J connectivity index is 2.85. The summed E-state index contributed by atoms with van der Waals surface area (Å²) in [6, 6.07) is 0. The van der Waals surface area contributed by atoms with Crippen molar-refractivity contribution in [2.24, 2.45) is 5.41 Å². The van der Waals surface area contributed by atoms with Crippen molar-refractivity contribution in [1.29, 1.82) is 0 Å². The van der Waals surface area contributed by atoms with Crippen LogP contribution in [0.25, 0.3) is 0 Å². The van der Waals surface area contributed by atoms with E-state index in [1.807, 2.05) is 0 Å². The van der Waals surface area contributed by atoms with Crippen LogP contribution in [-0.2, 0) is 18.3 Å². The zero-order chi connectivity index (χ0) is 23.4. The number of hydrogen-bond acceptors (Lipinski definition) is 4. The highest BCUT2D eigenvalue weighted by atomic mass is 28.4. The van der Waals surface area contributed by atoms with Crippen LogP contribution in [0.4, 0.5) is 0 Å². The van der Waals surface area contributed by atoms with E-state index in [1.165, 1.54) is 0 Å². The summed E-state index contributed by atoms with van der Waals surface area (Å²) in [6.45, 7) is 29.8. The van der Waals surface area contributed by atoms with Gasteiger partial charge in [-0.1, -0.05) is 55.4 Å². The second-order valence-electron chi connectivity index (χ2n) is 12.7. The first-order chi connectivity index (χ1) is 13.4. The van der Waals surface area contributed by atoms with Crippen molar-refractivity contribution in [1.82, 2.24) is 0 Å². The first-order valence-corrected chi connectivity index (χ1v) is 17.4. The Kier molecular flexibility index (Phi) is 9.48. The van der Waals surface area contributed by atoms with E-state index >= 15 is 0 Å². The van der Waals surface area contributed by atoms with Crippen LogP contribution < -0.4 is 0 Å². The predicted molar refractivity (Wildman–Crippen MR) is 133 cm³/mol. The first-order valence-electron chi connectivity index (χ1n) is 11.6. The van der Waals surface area contributed by atoms with Crippen LogP contribution in [0.15, 0.2) is 11.8 Å². The highest BCUT2D eigenvalue weighted by Crippen LogP contribution is 2.40. The van der Waals surface area contributed by atoms with Crippen molar-refractivity contribution in [3.63, 3.8) is 0 Å². The lowest BCUT2D eigenvalue weighted by Gasteiger charge is -2.39. The van der Waals surface area contributed by atoms with E-state index in [4.69, 9.17) is 18.3 Å². The summed E-state index contributed by atoms with van der Waals surface area (Å²) in [6.07, 6.45) is 4.87. The molecule has 4 nitrogen and oxygen atoms in total. The van der Waals surface area contributed by atoms with E-state index in [0.717, 1.165) is 31.6 Å². The third-order valence-corrected chi connectivity index (χ3v) is 15.9. The maximum Gasteiger partial charge on any atom is 0.250 e. The van der Waals surface area contributed by atoms with Gasteiger partial charge in [0.05, 0.1) is 19.0 Å². The lowest BCUT2D eigenvalue weighted by molar-refractivity contribution is -0.0474. The van der Waals surface area contributed by atoms with Crippen molar-refractivity contribution in [2.45, 2.75) is 117 Å². The van der Waals surface area contributed by atoms with E-state index in [2.05, 4.69) is 87.7 Å². The van der Waals surface area contributed by atoms with Gasteiger partial charge in [0.15, 0.2) is 14.6 Å². The second-order valence-corrected chi connectivity index (χ2v) is 22.2. The van der Waals surface area contributed by atoms with E-state index in [9.17, 15) is 0 Å². The second kappa shape index (κ2) is 10.2. The molecule has 1 fully saturated rings. The van der Waals surface area contributed by atoms with Gasteiger partial charge in [0, 0.05) is 19.4 Å². The molecule has 30 heavy (non-hydrogen) atoms. The molecular formula is C24H50O4Si2.